The zero-order valence-electron chi connectivity index (χ0n) is 10.8. The Balaban J connectivity index is 2.28. The second-order valence-electron chi connectivity index (χ2n) is 4.70. The summed E-state index contributed by atoms with van der Waals surface area (Å²) in [4.78, 5) is 4.64. The number of halogens is 1. The molecule has 0 radical (unpaired) electrons. The second-order valence-corrected chi connectivity index (χ2v) is 4.70. The van der Waals surface area contributed by atoms with Crippen molar-refractivity contribution in [1.82, 2.24) is 9.38 Å². The smallest absolute Gasteiger partial charge is 0.140 e. The van der Waals surface area contributed by atoms with Gasteiger partial charge in [0.1, 0.15) is 11.5 Å². The van der Waals surface area contributed by atoms with Gasteiger partial charge in [0.05, 0.1) is 5.69 Å². The molecule has 3 aromatic rings. The number of aromatic nitrogens is 2. The van der Waals surface area contributed by atoms with Crippen LogP contribution in [0.3, 0.4) is 0 Å². The van der Waals surface area contributed by atoms with Crippen LogP contribution in [0.25, 0.3) is 16.9 Å². The van der Waals surface area contributed by atoms with Crippen LogP contribution in [0.15, 0.2) is 36.5 Å². The average molecular weight is 255 g/mol. The Hall–Kier alpha value is -2.36. The maximum absolute atomic E-state index is 13.0. The van der Waals surface area contributed by atoms with E-state index in [0.717, 1.165) is 28.2 Å². The van der Waals surface area contributed by atoms with Crippen LogP contribution >= 0.6 is 0 Å². The van der Waals surface area contributed by atoms with Crippen molar-refractivity contribution in [3.05, 3.63) is 53.6 Å². The summed E-state index contributed by atoms with van der Waals surface area (Å²) >= 11 is 0. The summed E-state index contributed by atoms with van der Waals surface area (Å²) < 4.78 is 15.0. The fourth-order valence-electron chi connectivity index (χ4n) is 2.33. The van der Waals surface area contributed by atoms with E-state index >= 15 is 0 Å². The third-order valence-corrected chi connectivity index (χ3v) is 3.28. The largest absolute Gasteiger partial charge is 0.398 e. The van der Waals surface area contributed by atoms with Crippen LogP contribution in [0.2, 0.25) is 0 Å². The number of anilines is 1. The minimum absolute atomic E-state index is 0.245. The van der Waals surface area contributed by atoms with E-state index in [1.807, 2.05) is 30.5 Å². The monoisotopic (exact) mass is 255 g/mol. The van der Waals surface area contributed by atoms with E-state index in [2.05, 4.69) is 4.98 Å². The highest BCUT2D eigenvalue weighted by molar-refractivity contribution is 5.68. The Bertz CT molecular complexity index is 757. The molecule has 19 heavy (non-hydrogen) atoms. The molecule has 2 N–H and O–H groups in total. The molecule has 0 fully saturated rings. The highest BCUT2D eigenvalue weighted by atomic mass is 19.1. The molecule has 0 atom stereocenters. The van der Waals surface area contributed by atoms with E-state index in [-0.39, 0.29) is 5.82 Å². The molecule has 0 bridgehead atoms. The number of hydrogen-bond acceptors (Lipinski definition) is 2. The highest BCUT2D eigenvalue weighted by Crippen LogP contribution is 2.26. The van der Waals surface area contributed by atoms with Gasteiger partial charge in [-0.2, -0.15) is 0 Å². The van der Waals surface area contributed by atoms with Crippen molar-refractivity contribution in [1.29, 1.82) is 0 Å². The first-order valence-electron chi connectivity index (χ1n) is 6.07. The molecule has 0 aliphatic rings. The molecule has 0 spiro atoms. The predicted molar refractivity (Wildman–Crippen MR) is 74.5 cm³/mol. The van der Waals surface area contributed by atoms with Crippen LogP contribution in [0.5, 0.6) is 0 Å². The van der Waals surface area contributed by atoms with Gasteiger partial charge in [-0.05, 0) is 49.7 Å². The van der Waals surface area contributed by atoms with Crippen LogP contribution in [0.4, 0.5) is 10.1 Å². The van der Waals surface area contributed by atoms with E-state index in [9.17, 15) is 4.39 Å². The van der Waals surface area contributed by atoms with Gasteiger partial charge < -0.3 is 10.1 Å². The number of aryl methyl sites for hydroxylation is 2. The molecule has 1 aromatic carbocycles. The van der Waals surface area contributed by atoms with Crippen molar-refractivity contribution in [2.75, 3.05) is 5.73 Å². The molecular weight excluding hydrogens is 241 g/mol. The van der Waals surface area contributed by atoms with E-state index in [1.165, 1.54) is 12.1 Å². The predicted octanol–water partition coefficient (Wildman–Crippen LogP) is 3.34. The van der Waals surface area contributed by atoms with Gasteiger partial charge >= 0.3 is 0 Å². The van der Waals surface area contributed by atoms with Crippen molar-refractivity contribution < 1.29 is 4.39 Å². The second kappa shape index (κ2) is 4.09. The summed E-state index contributed by atoms with van der Waals surface area (Å²) in [6.45, 7) is 3.96. The molecule has 4 heteroatoms. The Morgan fingerprint density at radius 2 is 1.84 bits per heavy atom. The van der Waals surface area contributed by atoms with E-state index in [1.54, 1.807) is 12.1 Å². The summed E-state index contributed by atoms with van der Waals surface area (Å²) in [7, 11) is 0. The third-order valence-electron chi connectivity index (χ3n) is 3.28. The molecular formula is C15H14FN3. The summed E-state index contributed by atoms with van der Waals surface area (Å²) in [5.74, 6) is -0.245. The Kier molecular flexibility index (Phi) is 2.52. The van der Waals surface area contributed by atoms with Crippen LogP contribution in [-0.2, 0) is 0 Å². The lowest BCUT2D eigenvalue weighted by Crippen LogP contribution is -1.94. The minimum Gasteiger partial charge on any atom is -0.398 e. The summed E-state index contributed by atoms with van der Waals surface area (Å²) in [6, 6.07) is 8.27. The van der Waals surface area contributed by atoms with E-state index in [4.69, 9.17) is 5.73 Å². The van der Waals surface area contributed by atoms with Crippen molar-refractivity contribution in [2.45, 2.75) is 13.8 Å². The minimum atomic E-state index is -0.245. The number of pyridine rings is 1. The molecule has 0 amide bonds. The van der Waals surface area contributed by atoms with Gasteiger partial charge in [-0.1, -0.05) is 0 Å². The number of hydrogen-bond donors (Lipinski definition) is 1. The first-order chi connectivity index (χ1) is 9.06. The molecule has 0 aliphatic heterocycles. The topological polar surface area (TPSA) is 43.3 Å². The fourth-order valence-corrected chi connectivity index (χ4v) is 2.33. The van der Waals surface area contributed by atoms with Crippen LogP contribution in [0.1, 0.15) is 11.3 Å². The number of imidazole rings is 1. The zero-order chi connectivity index (χ0) is 13.6. The fraction of sp³-hybridized carbons (Fsp3) is 0.133. The van der Waals surface area contributed by atoms with Gasteiger partial charge in [0, 0.05) is 23.1 Å². The molecule has 3 nitrogen and oxygen atoms in total. The molecule has 2 heterocycles. The number of benzene rings is 1. The van der Waals surface area contributed by atoms with Crippen molar-refractivity contribution in [3.63, 3.8) is 0 Å². The van der Waals surface area contributed by atoms with Gasteiger partial charge in [0.25, 0.3) is 0 Å². The van der Waals surface area contributed by atoms with E-state index < -0.39 is 0 Å². The van der Waals surface area contributed by atoms with Crippen LogP contribution < -0.4 is 5.73 Å². The average Bonchev–Trinajstić information content (AvgIpc) is 2.69. The lowest BCUT2D eigenvalue weighted by molar-refractivity contribution is 0.628. The third kappa shape index (κ3) is 1.85. The van der Waals surface area contributed by atoms with Crippen molar-refractivity contribution in [3.8, 4) is 11.3 Å². The molecule has 0 saturated heterocycles. The number of nitrogens with zero attached hydrogens (tertiary/aromatic N) is 2. The van der Waals surface area contributed by atoms with Gasteiger partial charge in [0.2, 0.25) is 0 Å². The summed E-state index contributed by atoms with van der Waals surface area (Å²) in [6.07, 6.45) is 1.86. The molecule has 96 valence electrons. The van der Waals surface area contributed by atoms with Gasteiger partial charge in [0.15, 0.2) is 0 Å². The lowest BCUT2D eigenvalue weighted by Gasteiger charge is -2.02. The molecule has 0 saturated carbocycles. The standard InChI is InChI=1S/C15H14FN3/c1-9-7-13(17)8-19-10(2)14(18-15(9)19)11-3-5-12(16)6-4-11/h3-8H,17H2,1-2H3. The first-order valence-corrected chi connectivity index (χ1v) is 6.07. The maximum atomic E-state index is 13.0. The van der Waals surface area contributed by atoms with E-state index in [0.29, 0.717) is 5.69 Å². The van der Waals surface area contributed by atoms with Crippen molar-refractivity contribution >= 4 is 11.3 Å². The maximum Gasteiger partial charge on any atom is 0.140 e. The van der Waals surface area contributed by atoms with Gasteiger partial charge in [-0.25, -0.2) is 9.37 Å². The Labute approximate surface area is 110 Å². The quantitative estimate of drug-likeness (QED) is 0.724. The number of rotatable bonds is 1. The van der Waals surface area contributed by atoms with Crippen molar-refractivity contribution in [2.24, 2.45) is 0 Å². The molecule has 2 aromatic heterocycles. The Morgan fingerprint density at radius 3 is 2.53 bits per heavy atom. The molecule has 3 rings (SSSR count). The normalized spacial score (nSPS) is 11.1. The summed E-state index contributed by atoms with van der Waals surface area (Å²) in [5, 5.41) is 0. The first kappa shape index (κ1) is 11.7. The molecule has 0 unspecified atom stereocenters. The molecule has 0 aliphatic carbocycles. The van der Waals surface area contributed by atoms with Crippen LogP contribution in [-0.4, -0.2) is 9.38 Å². The number of nitrogens with two attached hydrogens (primary N) is 1. The lowest BCUT2D eigenvalue weighted by atomic mass is 10.1. The Morgan fingerprint density at radius 1 is 1.16 bits per heavy atom. The number of nitrogen functional groups attached to an aromatic ring is 1. The highest BCUT2D eigenvalue weighted by Gasteiger charge is 2.12. The summed E-state index contributed by atoms with van der Waals surface area (Å²) in [5.41, 5.74) is 11.2. The van der Waals surface area contributed by atoms with Gasteiger partial charge in [-0.15, -0.1) is 0 Å². The zero-order valence-corrected chi connectivity index (χ0v) is 10.8. The van der Waals surface area contributed by atoms with Gasteiger partial charge in [-0.3, -0.25) is 0 Å². The van der Waals surface area contributed by atoms with Crippen LogP contribution in [0, 0.1) is 19.7 Å². The number of fused-ring (bicyclic) bond motifs is 1. The SMILES string of the molecule is Cc1cc(N)cn2c(C)c(-c3ccc(F)cc3)nc12.